The molecular formula is C12H27NO. The van der Waals surface area contributed by atoms with Crippen LogP contribution in [0.15, 0.2) is 0 Å². The molecule has 0 bridgehead atoms. The Labute approximate surface area is 89.2 Å². The first-order valence-electron chi connectivity index (χ1n) is 6.09. The Hall–Kier alpha value is -0.0800. The van der Waals surface area contributed by atoms with Crippen molar-refractivity contribution in [3.63, 3.8) is 0 Å². The van der Waals surface area contributed by atoms with Gasteiger partial charge in [-0.05, 0) is 18.9 Å². The maximum Gasteiger partial charge on any atom is 0.0503 e. The lowest BCUT2D eigenvalue weighted by atomic mass is 10.1. The fraction of sp³-hybridized carbons (Fsp3) is 1.00. The number of nitrogens with two attached hydrogens (primary N) is 1. The van der Waals surface area contributed by atoms with E-state index in [-0.39, 0.29) is 0 Å². The van der Waals surface area contributed by atoms with Gasteiger partial charge in [0, 0.05) is 6.61 Å². The van der Waals surface area contributed by atoms with Crippen molar-refractivity contribution in [2.45, 2.75) is 52.4 Å². The summed E-state index contributed by atoms with van der Waals surface area (Å²) in [5.74, 6) is 0.509. The molecule has 0 aromatic carbocycles. The minimum absolute atomic E-state index is 0.509. The zero-order valence-electron chi connectivity index (χ0n) is 9.93. The molecule has 2 N–H and O–H groups in total. The molecule has 86 valence electrons. The van der Waals surface area contributed by atoms with E-state index in [9.17, 15) is 0 Å². The highest BCUT2D eigenvalue weighted by Crippen LogP contribution is 2.05. The SMILES string of the molecule is CCCCCCCCOCC(C)CN. The van der Waals surface area contributed by atoms with E-state index in [2.05, 4.69) is 13.8 Å². The second-order valence-corrected chi connectivity index (χ2v) is 4.18. The van der Waals surface area contributed by atoms with Gasteiger partial charge in [-0.3, -0.25) is 0 Å². The van der Waals surface area contributed by atoms with Crippen molar-refractivity contribution in [1.29, 1.82) is 0 Å². The summed E-state index contributed by atoms with van der Waals surface area (Å²) in [5.41, 5.74) is 5.49. The summed E-state index contributed by atoms with van der Waals surface area (Å²) in [4.78, 5) is 0. The Morgan fingerprint density at radius 3 is 2.36 bits per heavy atom. The average Bonchev–Trinajstić information content (AvgIpc) is 2.21. The molecule has 0 saturated heterocycles. The van der Waals surface area contributed by atoms with E-state index < -0.39 is 0 Å². The molecule has 2 nitrogen and oxygen atoms in total. The molecule has 1 unspecified atom stereocenters. The molecule has 0 rings (SSSR count). The summed E-state index contributed by atoms with van der Waals surface area (Å²) in [6.07, 6.45) is 7.98. The fourth-order valence-electron chi connectivity index (χ4n) is 1.34. The number of rotatable bonds is 10. The summed E-state index contributed by atoms with van der Waals surface area (Å²) in [6, 6.07) is 0. The number of ether oxygens (including phenoxy) is 1. The minimum Gasteiger partial charge on any atom is -0.381 e. The average molecular weight is 201 g/mol. The Balaban J connectivity index is 2.92. The van der Waals surface area contributed by atoms with Crippen LogP contribution in [0.5, 0.6) is 0 Å². The predicted octanol–water partition coefficient (Wildman–Crippen LogP) is 2.96. The Kier molecular flexibility index (Phi) is 10.9. The monoisotopic (exact) mass is 201 g/mol. The molecule has 0 saturated carbocycles. The number of hydrogen-bond acceptors (Lipinski definition) is 2. The first-order valence-corrected chi connectivity index (χ1v) is 6.09. The maximum absolute atomic E-state index is 5.51. The first-order chi connectivity index (χ1) is 6.81. The van der Waals surface area contributed by atoms with Gasteiger partial charge in [0.05, 0.1) is 6.61 Å². The highest BCUT2D eigenvalue weighted by atomic mass is 16.5. The van der Waals surface area contributed by atoms with Crippen molar-refractivity contribution >= 4 is 0 Å². The van der Waals surface area contributed by atoms with Crippen molar-refractivity contribution in [3.05, 3.63) is 0 Å². The molecule has 0 aromatic rings. The quantitative estimate of drug-likeness (QED) is 0.552. The molecule has 0 heterocycles. The van der Waals surface area contributed by atoms with Crippen molar-refractivity contribution < 1.29 is 4.74 Å². The van der Waals surface area contributed by atoms with Crippen LogP contribution in [-0.2, 0) is 4.74 Å². The molecule has 1 atom stereocenters. The van der Waals surface area contributed by atoms with Gasteiger partial charge in [0.15, 0.2) is 0 Å². The van der Waals surface area contributed by atoms with Gasteiger partial charge in [-0.25, -0.2) is 0 Å². The van der Waals surface area contributed by atoms with Crippen LogP contribution >= 0.6 is 0 Å². The molecule has 0 aliphatic carbocycles. The smallest absolute Gasteiger partial charge is 0.0503 e. The molecule has 0 aliphatic rings. The molecule has 14 heavy (non-hydrogen) atoms. The van der Waals surface area contributed by atoms with Crippen molar-refractivity contribution in [1.82, 2.24) is 0 Å². The zero-order valence-corrected chi connectivity index (χ0v) is 9.93. The third-order valence-electron chi connectivity index (χ3n) is 2.45. The normalized spacial score (nSPS) is 13.1. The van der Waals surface area contributed by atoms with Gasteiger partial charge in [-0.2, -0.15) is 0 Å². The zero-order chi connectivity index (χ0) is 10.6. The Bertz CT molecular complexity index is 106. The molecule has 0 aromatic heterocycles. The van der Waals surface area contributed by atoms with Gasteiger partial charge in [0.25, 0.3) is 0 Å². The maximum atomic E-state index is 5.51. The second-order valence-electron chi connectivity index (χ2n) is 4.18. The summed E-state index contributed by atoms with van der Waals surface area (Å²) < 4.78 is 5.51. The van der Waals surface area contributed by atoms with Crippen LogP contribution in [0, 0.1) is 5.92 Å². The first kappa shape index (κ1) is 13.9. The van der Waals surface area contributed by atoms with Gasteiger partial charge in [0.2, 0.25) is 0 Å². The van der Waals surface area contributed by atoms with E-state index in [4.69, 9.17) is 10.5 Å². The fourth-order valence-corrected chi connectivity index (χ4v) is 1.34. The summed E-state index contributed by atoms with van der Waals surface area (Å²) >= 11 is 0. The van der Waals surface area contributed by atoms with Gasteiger partial charge < -0.3 is 10.5 Å². The Morgan fingerprint density at radius 2 is 1.71 bits per heavy atom. The van der Waals surface area contributed by atoms with Gasteiger partial charge in [0.1, 0.15) is 0 Å². The number of hydrogen-bond donors (Lipinski definition) is 1. The van der Waals surface area contributed by atoms with E-state index in [1.165, 1.54) is 38.5 Å². The summed E-state index contributed by atoms with van der Waals surface area (Å²) in [6.45, 7) is 6.84. The standard InChI is InChI=1S/C12H27NO/c1-3-4-5-6-7-8-9-14-11-12(2)10-13/h12H,3-11,13H2,1-2H3. The van der Waals surface area contributed by atoms with Gasteiger partial charge in [-0.1, -0.05) is 46.0 Å². The molecule has 0 aliphatic heterocycles. The van der Waals surface area contributed by atoms with Crippen LogP contribution in [-0.4, -0.2) is 19.8 Å². The molecule has 0 radical (unpaired) electrons. The molecule has 0 amide bonds. The third-order valence-corrected chi connectivity index (χ3v) is 2.45. The van der Waals surface area contributed by atoms with Crippen LogP contribution in [0.3, 0.4) is 0 Å². The van der Waals surface area contributed by atoms with E-state index >= 15 is 0 Å². The van der Waals surface area contributed by atoms with E-state index in [1.54, 1.807) is 0 Å². The molecule has 0 fully saturated rings. The van der Waals surface area contributed by atoms with E-state index in [1.807, 2.05) is 0 Å². The highest BCUT2D eigenvalue weighted by Gasteiger charge is 1.97. The molecule has 2 heteroatoms. The molecule has 0 spiro atoms. The van der Waals surface area contributed by atoms with Crippen LogP contribution in [0.1, 0.15) is 52.4 Å². The lowest BCUT2D eigenvalue weighted by molar-refractivity contribution is 0.103. The van der Waals surface area contributed by atoms with Crippen molar-refractivity contribution in [2.24, 2.45) is 11.7 Å². The van der Waals surface area contributed by atoms with Crippen molar-refractivity contribution in [3.8, 4) is 0 Å². The van der Waals surface area contributed by atoms with E-state index in [0.29, 0.717) is 5.92 Å². The second kappa shape index (κ2) is 11.0. The largest absolute Gasteiger partial charge is 0.381 e. The van der Waals surface area contributed by atoms with Crippen LogP contribution in [0.25, 0.3) is 0 Å². The van der Waals surface area contributed by atoms with E-state index in [0.717, 1.165) is 19.8 Å². The van der Waals surface area contributed by atoms with Crippen LogP contribution < -0.4 is 5.73 Å². The Morgan fingerprint density at radius 1 is 1.07 bits per heavy atom. The lowest BCUT2D eigenvalue weighted by Crippen LogP contribution is -2.16. The number of unbranched alkanes of at least 4 members (excludes halogenated alkanes) is 5. The topological polar surface area (TPSA) is 35.2 Å². The highest BCUT2D eigenvalue weighted by molar-refractivity contribution is 4.50. The minimum atomic E-state index is 0.509. The van der Waals surface area contributed by atoms with Crippen molar-refractivity contribution in [2.75, 3.05) is 19.8 Å². The van der Waals surface area contributed by atoms with Crippen LogP contribution in [0.4, 0.5) is 0 Å². The summed E-state index contributed by atoms with van der Waals surface area (Å²) in [5, 5.41) is 0. The van der Waals surface area contributed by atoms with Crippen LogP contribution in [0.2, 0.25) is 0 Å². The lowest BCUT2D eigenvalue weighted by Gasteiger charge is -2.08. The van der Waals surface area contributed by atoms with Gasteiger partial charge >= 0.3 is 0 Å². The molecular weight excluding hydrogens is 174 g/mol. The third kappa shape index (κ3) is 10.0. The van der Waals surface area contributed by atoms with Gasteiger partial charge in [-0.15, -0.1) is 0 Å². The predicted molar refractivity (Wildman–Crippen MR) is 62.4 cm³/mol. The summed E-state index contributed by atoms with van der Waals surface area (Å²) in [7, 11) is 0.